The fourth-order valence-electron chi connectivity index (χ4n) is 4.26. The Bertz CT molecular complexity index is 1150. The second kappa shape index (κ2) is 13.4. The maximum absolute atomic E-state index is 14.7. The summed E-state index contributed by atoms with van der Waals surface area (Å²) in [4.78, 5) is 18.8. The summed E-state index contributed by atoms with van der Waals surface area (Å²) in [6.45, 7) is 5.44. The number of rotatable bonds is 9. The van der Waals surface area contributed by atoms with Crippen molar-refractivity contribution in [2.75, 3.05) is 20.1 Å². The number of likely N-dealkylation sites (tertiary alicyclic amines) is 1. The number of alkyl halides is 5. The fraction of sp³-hybridized carbons (Fsp3) is 0.500. The zero-order valence-corrected chi connectivity index (χ0v) is 23.2. The van der Waals surface area contributed by atoms with Gasteiger partial charge in [-0.25, -0.2) is 19.2 Å². The van der Waals surface area contributed by atoms with Gasteiger partial charge in [-0.15, -0.1) is 0 Å². The molecule has 1 heterocycles. The van der Waals surface area contributed by atoms with Crippen molar-refractivity contribution in [1.82, 2.24) is 21.1 Å². The van der Waals surface area contributed by atoms with E-state index in [1.807, 2.05) is 0 Å². The van der Waals surface area contributed by atoms with Crippen LogP contribution in [-0.4, -0.2) is 61.1 Å². The number of amides is 1. The van der Waals surface area contributed by atoms with Gasteiger partial charge in [-0.3, -0.25) is 10.2 Å². The van der Waals surface area contributed by atoms with E-state index in [9.17, 15) is 26.7 Å². The summed E-state index contributed by atoms with van der Waals surface area (Å²) in [5.41, 5.74) is 4.99. The van der Waals surface area contributed by atoms with Crippen molar-refractivity contribution in [2.24, 2.45) is 10.9 Å². The molecule has 4 N–H and O–H groups in total. The molecule has 2 atom stereocenters. The van der Waals surface area contributed by atoms with Crippen molar-refractivity contribution in [3.05, 3.63) is 57.4 Å². The van der Waals surface area contributed by atoms with Crippen molar-refractivity contribution < 1.29 is 26.7 Å². The van der Waals surface area contributed by atoms with Crippen molar-refractivity contribution in [2.45, 2.75) is 58.7 Å². The summed E-state index contributed by atoms with van der Waals surface area (Å²) in [5, 5.41) is 11.4. The molecule has 2 unspecified atom stereocenters. The van der Waals surface area contributed by atoms with Gasteiger partial charge in [0.1, 0.15) is 11.7 Å². The molecule has 216 valence electrons. The number of nitrogens with zero attached hydrogens (tertiary/aromatic N) is 2. The van der Waals surface area contributed by atoms with Gasteiger partial charge >= 0.3 is 6.18 Å². The molecule has 0 aliphatic carbocycles. The number of piperidine rings is 1. The molecule has 0 aromatic heterocycles. The standard InChI is InChI=1S/C26H34ClF5N6O/c1-6-15(3)23(35-12-17(7-2)26(30,31)32)36-13-21-16(4)11-25(28,29)14-38(21)24(39)20-10-18(27)8-9-19(20)22(33)37-34-5/h7-10,12,16,21,34,36H,6,11,13-14H2,1-5H3,(H2,33,37)/b17-7+,23-15+,35-12-. The minimum atomic E-state index is -4.58. The number of benzene rings is 1. The minimum Gasteiger partial charge on any atom is -0.368 e. The summed E-state index contributed by atoms with van der Waals surface area (Å²) in [7, 11) is 1.53. The smallest absolute Gasteiger partial charge is 0.368 e. The number of allylic oxidation sites excluding steroid dienone is 3. The molecule has 1 amide bonds. The van der Waals surface area contributed by atoms with Crippen molar-refractivity contribution >= 4 is 29.6 Å². The first-order valence-corrected chi connectivity index (χ1v) is 12.7. The van der Waals surface area contributed by atoms with Crippen LogP contribution in [-0.2, 0) is 0 Å². The lowest BCUT2D eigenvalue weighted by molar-refractivity contribution is -0.0912. The second-order valence-electron chi connectivity index (χ2n) is 9.34. The molecule has 0 saturated carbocycles. The van der Waals surface area contributed by atoms with Crippen LogP contribution in [0.1, 0.15) is 56.5 Å². The van der Waals surface area contributed by atoms with E-state index in [-0.39, 0.29) is 34.4 Å². The summed E-state index contributed by atoms with van der Waals surface area (Å²) in [6.07, 6.45) is -2.97. The predicted molar refractivity (Wildman–Crippen MR) is 143 cm³/mol. The molecule has 1 fully saturated rings. The molecule has 1 aromatic rings. The Morgan fingerprint density at radius 1 is 1.31 bits per heavy atom. The Morgan fingerprint density at radius 2 is 1.97 bits per heavy atom. The van der Waals surface area contributed by atoms with Gasteiger partial charge in [0.15, 0.2) is 0 Å². The van der Waals surface area contributed by atoms with E-state index in [2.05, 4.69) is 21.2 Å². The average Bonchev–Trinajstić information content (AvgIpc) is 2.84. The van der Waals surface area contributed by atoms with Gasteiger partial charge < -0.3 is 15.6 Å². The zero-order chi connectivity index (χ0) is 29.5. The van der Waals surface area contributed by atoms with E-state index in [1.54, 1.807) is 20.8 Å². The van der Waals surface area contributed by atoms with E-state index < -0.39 is 48.5 Å². The van der Waals surface area contributed by atoms with E-state index in [1.165, 1.54) is 32.2 Å². The van der Waals surface area contributed by atoms with E-state index in [0.717, 1.165) is 11.0 Å². The lowest BCUT2D eigenvalue weighted by atomic mass is 9.87. The first-order valence-electron chi connectivity index (χ1n) is 12.4. The molecule has 39 heavy (non-hydrogen) atoms. The van der Waals surface area contributed by atoms with Gasteiger partial charge in [-0.1, -0.05) is 31.5 Å². The first-order chi connectivity index (χ1) is 18.1. The third-order valence-electron chi connectivity index (χ3n) is 6.46. The molecule has 0 spiro atoms. The molecule has 1 aliphatic rings. The van der Waals surface area contributed by atoms with Gasteiger partial charge in [0, 0.05) is 36.8 Å². The highest BCUT2D eigenvalue weighted by molar-refractivity contribution is 6.31. The van der Waals surface area contributed by atoms with Crippen LogP contribution in [0.4, 0.5) is 22.0 Å². The summed E-state index contributed by atoms with van der Waals surface area (Å²) in [6, 6.07) is 3.49. The monoisotopic (exact) mass is 576 g/mol. The topological polar surface area (TPSA) is 92.6 Å². The number of nitrogens with one attached hydrogen (secondary N) is 4. The Kier molecular flexibility index (Phi) is 11.1. The number of amidine groups is 1. The van der Waals surface area contributed by atoms with Crippen molar-refractivity contribution in [3.63, 3.8) is 0 Å². The first kappa shape index (κ1) is 32.2. The number of carbonyl (C=O) groups is 1. The van der Waals surface area contributed by atoms with Gasteiger partial charge in [-0.05, 0) is 50.0 Å². The average molecular weight is 577 g/mol. The quantitative estimate of drug-likeness (QED) is 0.132. The highest BCUT2D eigenvalue weighted by atomic mass is 35.5. The van der Waals surface area contributed by atoms with Gasteiger partial charge in [0.05, 0.1) is 23.7 Å². The van der Waals surface area contributed by atoms with E-state index in [0.29, 0.717) is 18.2 Å². The highest BCUT2D eigenvalue weighted by Crippen LogP contribution is 2.36. The van der Waals surface area contributed by atoms with E-state index in [4.69, 9.17) is 17.0 Å². The number of aliphatic imine (C=N–C) groups is 1. The maximum atomic E-state index is 14.7. The zero-order valence-electron chi connectivity index (χ0n) is 22.4. The lowest BCUT2D eigenvalue weighted by Crippen LogP contribution is -2.58. The molecule has 0 radical (unpaired) electrons. The van der Waals surface area contributed by atoms with Crippen LogP contribution in [0.2, 0.25) is 5.02 Å². The van der Waals surface area contributed by atoms with Gasteiger partial charge in [-0.2, -0.15) is 13.2 Å². The Labute approximate surface area is 230 Å². The number of halogens is 6. The molecule has 1 aromatic carbocycles. The number of hydrogen-bond acceptors (Lipinski definition) is 5. The Balaban J connectivity index is 2.44. The van der Waals surface area contributed by atoms with Crippen LogP contribution < -0.4 is 16.2 Å². The van der Waals surface area contributed by atoms with Crippen molar-refractivity contribution in [1.29, 1.82) is 5.41 Å². The van der Waals surface area contributed by atoms with Gasteiger partial charge in [0.25, 0.3) is 11.8 Å². The molecule has 2 rings (SSSR count). The number of hydrazine groups is 1. The Morgan fingerprint density at radius 3 is 2.54 bits per heavy atom. The normalized spacial score (nSPS) is 20.6. The molecule has 7 nitrogen and oxygen atoms in total. The summed E-state index contributed by atoms with van der Waals surface area (Å²) < 4.78 is 68.9. The second-order valence-corrected chi connectivity index (χ2v) is 9.78. The molecular weight excluding hydrogens is 543 g/mol. The summed E-state index contributed by atoms with van der Waals surface area (Å²) in [5.74, 6) is -4.57. The van der Waals surface area contributed by atoms with Crippen LogP contribution in [0.3, 0.4) is 0 Å². The number of carbonyl (C=O) groups excluding carboxylic acids is 1. The molecule has 1 aliphatic heterocycles. The van der Waals surface area contributed by atoms with E-state index >= 15 is 0 Å². The van der Waals surface area contributed by atoms with Crippen LogP contribution in [0.25, 0.3) is 0 Å². The van der Waals surface area contributed by atoms with Crippen LogP contribution in [0, 0.1) is 11.3 Å². The number of hydrogen-bond donors (Lipinski definition) is 4. The van der Waals surface area contributed by atoms with Gasteiger partial charge in [0.2, 0.25) is 0 Å². The van der Waals surface area contributed by atoms with Crippen LogP contribution >= 0.6 is 11.6 Å². The highest BCUT2D eigenvalue weighted by Gasteiger charge is 2.46. The summed E-state index contributed by atoms with van der Waals surface area (Å²) >= 11 is 6.12. The third-order valence-corrected chi connectivity index (χ3v) is 6.69. The minimum absolute atomic E-state index is 0.0354. The Hall–Kier alpha value is -2.99. The molecule has 0 bridgehead atoms. The molecule has 13 heteroatoms. The SMILES string of the molecule is C\C=C(/C=N\C(NCC1C(C)CC(F)(F)CN1C(=O)c1cc(Cl)ccc1C(=N)NNC)=C(\C)CC)C(F)(F)F. The van der Waals surface area contributed by atoms with Crippen LogP contribution in [0.5, 0.6) is 0 Å². The fourth-order valence-corrected chi connectivity index (χ4v) is 4.43. The lowest BCUT2D eigenvalue weighted by Gasteiger charge is -2.44. The molecular formula is C26H34ClF5N6O. The molecule has 1 saturated heterocycles. The van der Waals surface area contributed by atoms with Crippen LogP contribution in [0.15, 0.2) is 46.2 Å². The maximum Gasteiger partial charge on any atom is 0.417 e. The van der Waals surface area contributed by atoms with Crippen molar-refractivity contribution in [3.8, 4) is 0 Å². The third kappa shape index (κ3) is 8.50. The largest absolute Gasteiger partial charge is 0.417 e. The predicted octanol–water partition coefficient (Wildman–Crippen LogP) is 5.69.